The number of rotatable bonds is 4. The summed E-state index contributed by atoms with van der Waals surface area (Å²) < 4.78 is 12.6. The molecular formula is C24H33NO4. The van der Waals surface area contributed by atoms with Crippen LogP contribution < -0.4 is 4.74 Å². The van der Waals surface area contributed by atoms with Crippen molar-refractivity contribution in [3.05, 3.63) is 23.3 Å². The minimum Gasteiger partial charge on any atom is -0.504 e. The molecule has 1 aromatic carbocycles. The van der Waals surface area contributed by atoms with Gasteiger partial charge in [-0.25, -0.2) is 0 Å². The fourth-order valence-electron chi connectivity index (χ4n) is 7.41. The predicted octanol–water partition coefficient (Wildman–Crippen LogP) is 2.85. The monoisotopic (exact) mass is 399 g/mol. The van der Waals surface area contributed by atoms with Crippen molar-refractivity contribution in [2.75, 3.05) is 20.2 Å². The number of nitrogens with zero attached hydrogens (tertiary/aromatic N) is 1. The maximum atomic E-state index is 11.0. The van der Waals surface area contributed by atoms with Crippen molar-refractivity contribution in [2.45, 2.75) is 75.2 Å². The van der Waals surface area contributed by atoms with Crippen LogP contribution in [0.4, 0.5) is 0 Å². The van der Waals surface area contributed by atoms with E-state index in [9.17, 15) is 10.2 Å². The average molecular weight is 400 g/mol. The van der Waals surface area contributed by atoms with Gasteiger partial charge in [0.2, 0.25) is 0 Å². The summed E-state index contributed by atoms with van der Waals surface area (Å²) in [6.45, 7) is 6.13. The first-order valence-electron chi connectivity index (χ1n) is 11.4. The second-order valence-corrected chi connectivity index (χ2v) is 10.8. The number of phenolic OH excluding ortho intramolecular Hbond substituents is 1. The largest absolute Gasteiger partial charge is 0.504 e. The smallest absolute Gasteiger partial charge is 0.165 e. The highest BCUT2D eigenvalue weighted by atomic mass is 16.5. The Hall–Kier alpha value is -1.30. The Kier molecular flexibility index (Phi) is 3.75. The highest BCUT2D eigenvalue weighted by molar-refractivity contribution is 5.61. The van der Waals surface area contributed by atoms with Crippen molar-refractivity contribution in [2.24, 2.45) is 17.8 Å². The maximum Gasteiger partial charge on any atom is 0.165 e. The van der Waals surface area contributed by atoms with Gasteiger partial charge in [-0.15, -0.1) is 0 Å². The highest BCUT2D eigenvalue weighted by Gasteiger charge is 2.69. The summed E-state index contributed by atoms with van der Waals surface area (Å²) in [5.74, 6) is 2.25. The Labute approximate surface area is 173 Å². The number of aliphatic hydroxyl groups is 1. The van der Waals surface area contributed by atoms with Crippen molar-refractivity contribution in [1.29, 1.82) is 0 Å². The van der Waals surface area contributed by atoms with Gasteiger partial charge < -0.3 is 19.7 Å². The summed E-state index contributed by atoms with van der Waals surface area (Å²) in [4.78, 5) is 2.74. The number of hydrogen-bond donors (Lipinski definition) is 2. The Bertz CT molecular complexity index is 844. The van der Waals surface area contributed by atoms with Gasteiger partial charge in [0, 0.05) is 36.6 Å². The number of piperidine rings is 1. The molecule has 0 radical (unpaired) electrons. The number of phenols is 1. The number of benzene rings is 1. The van der Waals surface area contributed by atoms with E-state index in [1.165, 1.54) is 30.5 Å². The van der Waals surface area contributed by atoms with Crippen LogP contribution >= 0.6 is 0 Å². The molecule has 6 atom stereocenters. The van der Waals surface area contributed by atoms with Crippen molar-refractivity contribution < 1.29 is 19.7 Å². The molecule has 1 saturated heterocycles. The molecule has 3 aliphatic carbocycles. The van der Waals surface area contributed by atoms with Gasteiger partial charge in [-0.05, 0) is 76.0 Å². The van der Waals surface area contributed by atoms with E-state index < -0.39 is 5.60 Å². The molecule has 1 spiro atoms. The van der Waals surface area contributed by atoms with Crippen LogP contribution in [0.15, 0.2) is 12.1 Å². The molecule has 6 rings (SSSR count). The summed E-state index contributed by atoms with van der Waals surface area (Å²) in [5.41, 5.74) is 1.66. The lowest BCUT2D eigenvalue weighted by atomic mass is 9.48. The minimum absolute atomic E-state index is 0.0111. The molecule has 0 aromatic heterocycles. The molecule has 158 valence electrons. The Morgan fingerprint density at radius 3 is 2.79 bits per heavy atom. The quantitative estimate of drug-likeness (QED) is 0.815. The maximum absolute atomic E-state index is 11.0. The number of aromatic hydroxyl groups is 1. The van der Waals surface area contributed by atoms with Gasteiger partial charge in [-0.3, -0.25) is 4.90 Å². The lowest BCUT2D eigenvalue weighted by Gasteiger charge is -2.62. The van der Waals surface area contributed by atoms with E-state index >= 15 is 0 Å². The van der Waals surface area contributed by atoms with E-state index in [-0.39, 0.29) is 29.3 Å². The standard InChI is InChI=1S/C24H33NO4/c1-23(2,27)16-11-15-17-10-14-6-7-18(26)21-19(14)24(15,22(29-21)20(16)28-3)8-9-25(17)12-13-4-5-13/h6-7,13,15-17,20,22,26-27H,4-5,8-12H2,1-3H3/t15?,16-,17?,20+,22?,24-/m0/s1. The van der Waals surface area contributed by atoms with Gasteiger partial charge in [0.05, 0.1) is 5.60 Å². The molecule has 29 heavy (non-hydrogen) atoms. The summed E-state index contributed by atoms with van der Waals surface area (Å²) in [6.07, 6.45) is 5.44. The van der Waals surface area contributed by atoms with Crippen molar-refractivity contribution in [3.63, 3.8) is 0 Å². The SMILES string of the molecule is CO[C@H]1C2Oc3c(O)ccc4c3[C@@]23CCN(CC2CC2)C(C4)C3C[C@@H]1C(C)(C)O. The molecule has 2 N–H and O–H groups in total. The normalized spacial score (nSPS) is 40.5. The molecule has 5 nitrogen and oxygen atoms in total. The van der Waals surface area contributed by atoms with Crippen molar-refractivity contribution in [3.8, 4) is 11.5 Å². The second kappa shape index (κ2) is 5.89. The summed E-state index contributed by atoms with van der Waals surface area (Å²) >= 11 is 0. The topological polar surface area (TPSA) is 62.2 Å². The molecule has 2 heterocycles. The fraction of sp³-hybridized carbons (Fsp3) is 0.750. The second-order valence-electron chi connectivity index (χ2n) is 10.8. The van der Waals surface area contributed by atoms with E-state index in [0.29, 0.717) is 17.7 Å². The van der Waals surface area contributed by atoms with Crippen LogP contribution in [0.25, 0.3) is 0 Å². The Balaban J connectivity index is 1.52. The van der Waals surface area contributed by atoms with Crippen LogP contribution in [0.1, 0.15) is 50.7 Å². The molecule has 3 unspecified atom stereocenters. The van der Waals surface area contributed by atoms with E-state index in [0.717, 1.165) is 31.7 Å². The van der Waals surface area contributed by atoms with E-state index in [2.05, 4.69) is 11.0 Å². The average Bonchev–Trinajstić information content (AvgIpc) is 3.42. The lowest BCUT2D eigenvalue weighted by Crippen LogP contribution is -2.70. The molecule has 5 aliphatic rings. The molecule has 2 aliphatic heterocycles. The highest BCUT2D eigenvalue weighted by Crippen LogP contribution is 2.65. The fourth-order valence-corrected chi connectivity index (χ4v) is 7.41. The molecule has 3 fully saturated rings. The minimum atomic E-state index is -0.835. The van der Waals surface area contributed by atoms with E-state index in [4.69, 9.17) is 9.47 Å². The van der Waals surface area contributed by atoms with E-state index in [1.807, 2.05) is 13.8 Å². The first-order chi connectivity index (χ1) is 13.8. The van der Waals surface area contributed by atoms with Crippen LogP contribution in [0.2, 0.25) is 0 Å². The molecular weight excluding hydrogens is 366 g/mol. The van der Waals surface area contributed by atoms with Gasteiger partial charge in [-0.1, -0.05) is 6.07 Å². The number of hydrogen-bond acceptors (Lipinski definition) is 5. The van der Waals surface area contributed by atoms with Crippen LogP contribution in [-0.4, -0.2) is 59.2 Å². The number of likely N-dealkylation sites (tertiary alicyclic amines) is 1. The molecule has 1 aromatic rings. The summed E-state index contributed by atoms with van der Waals surface area (Å²) in [6, 6.07) is 4.41. The van der Waals surface area contributed by atoms with E-state index in [1.54, 1.807) is 13.2 Å². The third kappa shape index (κ3) is 2.38. The van der Waals surface area contributed by atoms with Crippen LogP contribution in [0.5, 0.6) is 11.5 Å². The van der Waals surface area contributed by atoms with Crippen LogP contribution in [-0.2, 0) is 16.6 Å². The summed E-state index contributed by atoms with van der Waals surface area (Å²) in [7, 11) is 1.75. The van der Waals surface area contributed by atoms with Gasteiger partial charge in [-0.2, -0.15) is 0 Å². The molecule has 0 amide bonds. The first kappa shape index (κ1) is 18.5. The number of ether oxygens (including phenoxy) is 2. The van der Waals surface area contributed by atoms with Gasteiger partial charge in [0.1, 0.15) is 12.2 Å². The third-order valence-electron chi connectivity index (χ3n) is 8.85. The molecule has 5 heteroatoms. The zero-order valence-electron chi connectivity index (χ0n) is 17.7. The Morgan fingerprint density at radius 1 is 1.31 bits per heavy atom. The Morgan fingerprint density at radius 2 is 2.10 bits per heavy atom. The predicted molar refractivity (Wildman–Crippen MR) is 109 cm³/mol. The zero-order chi connectivity index (χ0) is 20.1. The first-order valence-corrected chi connectivity index (χ1v) is 11.4. The van der Waals surface area contributed by atoms with Crippen molar-refractivity contribution in [1.82, 2.24) is 4.90 Å². The van der Waals surface area contributed by atoms with Gasteiger partial charge in [0.15, 0.2) is 11.5 Å². The van der Waals surface area contributed by atoms with Gasteiger partial charge >= 0.3 is 0 Å². The lowest BCUT2D eigenvalue weighted by molar-refractivity contribution is -0.179. The number of methoxy groups -OCH3 is 1. The summed E-state index contributed by atoms with van der Waals surface area (Å²) in [5, 5.41) is 21.7. The zero-order valence-corrected chi connectivity index (χ0v) is 17.7. The third-order valence-corrected chi connectivity index (χ3v) is 8.85. The molecule has 2 bridgehead atoms. The van der Waals surface area contributed by atoms with Crippen LogP contribution in [0, 0.1) is 17.8 Å². The van der Waals surface area contributed by atoms with Crippen molar-refractivity contribution >= 4 is 0 Å². The molecule has 2 saturated carbocycles. The van der Waals surface area contributed by atoms with Crippen LogP contribution in [0.3, 0.4) is 0 Å². The van der Waals surface area contributed by atoms with Gasteiger partial charge in [0.25, 0.3) is 0 Å².